The van der Waals surface area contributed by atoms with E-state index >= 15 is 0 Å². The van der Waals surface area contributed by atoms with Gasteiger partial charge in [-0.15, -0.1) is 0 Å². The van der Waals surface area contributed by atoms with Gasteiger partial charge < -0.3 is 14.8 Å². The molecule has 7 heteroatoms. The predicted octanol–water partition coefficient (Wildman–Crippen LogP) is 0.685. The zero-order valence-corrected chi connectivity index (χ0v) is 9.72. The fourth-order valence-corrected chi connectivity index (χ4v) is 1.72. The van der Waals surface area contributed by atoms with Gasteiger partial charge in [-0.1, -0.05) is 5.16 Å². The number of aromatic amines is 1. The van der Waals surface area contributed by atoms with Crippen LogP contribution in [0.1, 0.15) is 30.5 Å². The van der Waals surface area contributed by atoms with Gasteiger partial charge in [0.1, 0.15) is 11.6 Å². The molecule has 0 aromatic carbocycles. The van der Waals surface area contributed by atoms with Gasteiger partial charge in [0, 0.05) is 24.9 Å². The Labute approximate surface area is 103 Å². The molecule has 1 aliphatic carbocycles. The number of aromatic nitrogens is 4. The van der Waals surface area contributed by atoms with Gasteiger partial charge >= 0.3 is 0 Å². The van der Waals surface area contributed by atoms with Crippen LogP contribution in [0.5, 0.6) is 0 Å². The van der Waals surface area contributed by atoms with Crippen LogP contribution in [0, 0.1) is 0 Å². The van der Waals surface area contributed by atoms with E-state index in [1.54, 1.807) is 0 Å². The summed E-state index contributed by atoms with van der Waals surface area (Å²) in [6.07, 6.45) is 4.18. The lowest BCUT2D eigenvalue weighted by Gasteiger charge is -2.05. The minimum atomic E-state index is -0.118. The molecular weight excluding hydrogens is 234 g/mol. The fraction of sp³-hybridized carbons (Fsp3) is 0.455. The van der Waals surface area contributed by atoms with E-state index < -0.39 is 0 Å². The Hall–Kier alpha value is -2.18. The lowest BCUT2D eigenvalue weighted by atomic mass is 10.3. The minimum Gasteiger partial charge on any atom is -0.369 e. The maximum Gasteiger partial charge on any atom is 0.252 e. The molecule has 2 N–H and O–H groups in total. The van der Waals surface area contributed by atoms with Crippen molar-refractivity contribution in [2.75, 3.05) is 11.9 Å². The van der Waals surface area contributed by atoms with E-state index in [1.165, 1.54) is 12.4 Å². The van der Waals surface area contributed by atoms with Crippen LogP contribution in [0.2, 0.25) is 0 Å². The van der Waals surface area contributed by atoms with Crippen LogP contribution in [0.15, 0.2) is 21.7 Å². The van der Waals surface area contributed by atoms with Crippen molar-refractivity contribution in [1.82, 2.24) is 20.1 Å². The maximum atomic E-state index is 11.5. The Bertz CT molecular complexity index is 573. The van der Waals surface area contributed by atoms with Crippen molar-refractivity contribution >= 4 is 5.82 Å². The SMILES string of the molecule is O=c1cc(NCCc2ncno2)nc(C2CC2)[nH]1. The first kappa shape index (κ1) is 10.9. The summed E-state index contributed by atoms with van der Waals surface area (Å²) in [6.45, 7) is 0.600. The topological polar surface area (TPSA) is 96.7 Å². The van der Waals surface area contributed by atoms with E-state index in [0.29, 0.717) is 30.6 Å². The van der Waals surface area contributed by atoms with Crippen molar-refractivity contribution in [3.63, 3.8) is 0 Å². The van der Waals surface area contributed by atoms with E-state index in [4.69, 9.17) is 4.52 Å². The highest BCUT2D eigenvalue weighted by Gasteiger charge is 2.26. The number of nitrogens with one attached hydrogen (secondary N) is 2. The molecule has 0 aliphatic heterocycles. The molecule has 2 aromatic rings. The van der Waals surface area contributed by atoms with Crippen LogP contribution in [0.4, 0.5) is 5.82 Å². The lowest BCUT2D eigenvalue weighted by Crippen LogP contribution is -2.14. The second-order valence-electron chi connectivity index (χ2n) is 4.30. The average molecular weight is 247 g/mol. The van der Waals surface area contributed by atoms with Gasteiger partial charge in [-0.05, 0) is 12.8 Å². The molecule has 0 radical (unpaired) electrons. The van der Waals surface area contributed by atoms with Gasteiger partial charge in [-0.2, -0.15) is 4.98 Å². The number of H-pyrrole nitrogens is 1. The van der Waals surface area contributed by atoms with Crippen molar-refractivity contribution in [1.29, 1.82) is 0 Å². The molecule has 0 bridgehead atoms. The Morgan fingerprint density at radius 1 is 1.50 bits per heavy atom. The highest BCUT2D eigenvalue weighted by molar-refractivity contribution is 5.33. The third-order valence-electron chi connectivity index (χ3n) is 2.78. The molecule has 1 saturated carbocycles. The summed E-state index contributed by atoms with van der Waals surface area (Å²) in [5.74, 6) is 2.37. The van der Waals surface area contributed by atoms with Gasteiger partial charge in [0.05, 0.1) is 0 Å². The van der Waals surface area contributed by atoms with Crippen molar-refractivity contribution < 1.29 is 4.52 Å². The average Bonchev–Trinajstić information content (AvgIpc) is 3.08. The van der Waals surface area contributed by atoms with Gasteiger partial charge in [0.2, 0.25) is 5.89 Å². The van der Waals surface area contributed by atoms with Gasteiger partial charge in [-0.25, -0.2) is 4.98 Å². The third-order valence-corrected chi connectivity index (χ3v) is 2.78. The number of hydrogen-bond acceptors (Lipinski definition) is 6. The molecule has 1 aliphatic rings. The molecule has 0 atom stereocenters. The number of anilines is 1. The standard InChI is InChI=1S/C11H13N5O2/c17-9-5-8(15-11(16-9)7-1-2-7)12-4-3-10-13-6-14-18-10/h5-7H,1-4H2,(H2,12,15,16,17). The largest absolute Gasteiger partial charge is 0.369 e. The Balaban J connectivity index is 1.63. The zero-order chi connectivity index (χ0) is 12.4. The number of nitrogens with zero attached hydrogens (tertiary/aromatic N) is 3. The van der Waals surface area contributed by atoms with Crippen molar-refractivity contribution in [2.45, 2.75) is 25.2 Å². The molecule has 0 amide bonds. The third kappa shape index (κ3) is 2.55. The molecule has 3 rings (SSSR count). The van der Waals surface area contributed by atoms with Crippen LogP contribution in [-0.2, 0) is 6.42 Å². The molecule has 2 heterocycles. The lowest BCUT2D eigenvalue weighted by molar-refractivity contribution is 0.379. The zero-order valence-electron chi connectivity index (χ0n) is 9.72. The second kappa shape index (κ2) is 4.59. The van der Waals surface area contributed by atoms with E-state index in [0.717, 1.165) is 18.7 Å². The van der Waals surface area contributed by atoms with Gasteiger partial charge in [-0.3, -0.25) is 4.79 Å². The first-order valence-corrected chi connectivity index (χ1v) is 5.92. The van der Waals surface area contributed by atoms with Gasteiger partial charge in [0.15, 0.2) is 6.33 Å². The van der Waals surface area contributed by atoms with Crippen molar-refractivity contribution in [3.05, 3.63) is 34.5 Å². The summed E-state index contributed by atoms with van der Waals surface area (Å²) >= 11 is 0. The summed E-state index contributed by atoms with van der Waals surface area (Å²) in [5.41, 5.74) is -0.118. The summed E-state index contributed by atoms with van der Waals surface area (Å²) < 4.78 is 4.88. The van der Waals surface area contributed by atoms with Crippen molar-refractivity contribution in [2.24, 2.45) is 0 Å². The first-order chi connectivity index (χ1) is 8.81. The highest BCUT2D eigenvalue weighted by atomic mass is 16.5. The predicted molar refractivity (Wildman–Crippen MR) is 63.3 cm³/mol. The van der Waals surface area contributed by atoms with Crippen LogP contribution < -0.4 is 10.9 Å². The number of rotatable bonds is 5. The van der Waals surface area contributed by atoms with Crippen LogP contribution >= 0.6 is 0 Å². The van der Waals surface area contributed by atoms with Crippen LogP contribution in [0.25, 0.3) is 0 Å². The molecule has 1 fully saturated rings. The van der Waals surface area contributed by atoms with Crippen LogP contribution in [0.3, 0.4) is 0 Å². The van der Waals surface area contributed by atoms with E-state index in [9.17, 15) is 4.79 Å². The fourth-order valence-electron chi connectivity index (χ4n) is 1.72. The molecule has 7 nitrogen and oxygen atoms in total. The van der Waals surface area contributed by atoms with E-state index in [-0.39, 0.29) is 5.56 Å². The highest BCUT2D eigenvalue weighted by Crippen LogP contribution is 2.37. The normalized spacial score (nSPS) is 14.7. The molecule has 94 valence electrons. The molecule has 0 saturated heterocycles. The molecule has 0 unspecified atom stereocenters. The monoisotopic (exact) mass is 247 g/mol. The molecule has 0 spiro atoms. The van der Waals surface area contributed by atoms with Crippen molar-refractivity contribution in [3.8, 4) is 0 Å². The Morgan fingerprint density at radius 2 is 2.39 bits per heavy atom. The quantitative estimate of drug-likeness (QED) is 0.806. The van der Waals surface area contributed by atoms with Gasteiger partial charge in [0.25, 0.3) is 5.56 Å². The van der Waals surface area contributed by atoms with Crippen LogP contribution in [-0.4, -0.2) is 26.7 Å². The summed E-state index contributed by atoms with van der Waals surface area (Å²) in [6, 6.07) is 1.46. The molecular formula is C11H13N5O2. The second-order valence-corrected chi connectivity index (χ2v) is 4.30. The van der Waals surface area contributed by atoms with E-state index in [1.807, 2.05) is 0 Å². The summed E-state index contributed by atoms with van der Waals surface area (Å²) in [4.78, 5) is 22.5. The Morgan fingerprint density at radius 3 is 3.11 bits per heavy atom. The summed E-state index contributed by atoms with van der Waals surface area (Å²) in [7, 11) is 0. The summed E-state index contributed by atoms with van der Waals surface area (Å²) in [5, 5.41) is 6.61. The molecule has 2 aromatic heterocycles. The Kier molecular flexibility index (Phi) is 2.79. The smallest absolute Gasteiger partial charge is 0.252 e. The minimum absolute atomic E-state index is 0.118. The number of hydrogen-bond donors (Lipinski definition) is 2. The first-order valence-electron chi connectivity index (χ1n) is 5.92. The van der Waals surface area contributed by atoms with E-state index in [2.05, 4.69) is 25.4 Å². The molecule has 18 heavy (non-hydrogen) atoms. The maximum absolute atomic E-state index is 11.5.